The maximum Gasteiger partial charge on any atom is 0.233 e. The number of piperazine rings is 1. The van der Waals surface area contributed by atoms with E-state index in [1.807, 2.05) is 28.8 Å². The maximum absolute atomic E-state index is 5.56. The van der Waals surface area contributed by atoms with E-state index in [1.165, 1.54) is 5.56 Å². The zero-order valence-corrected chi connectivity index (χ0v) is 14.9. The molecule has 132 valence electrons. The molecule has 25 heavy (non-hydrogen) atoms. The largest absolute Gasteiger partial charge is 0.496 e. The lowest BCUT2D eigenvalue weighted by Crippen LogP contribution is -2.45. The van der Waals surface area contributed by atoms with Crippen LogP contribution in [0, 0.1) is 0 Å². The van der Waals surface area contributed by atoms with Crippen molar-refractivity contribution < 1.29 is 4.74 Å². The second-order valence-electron chi connectivity index (χ2n) is 5.99. The van der Waals surface area contributed by atoms with Crippen LogP contribution in [0.25, 0.3) is 5.78 Å². The average molecular weight is 360 g/mol. The first-order valence-electron chi connectivity index (χ1n) is 8.21. The fourth-order valence-corrected chi connectivity index (χ4v) is 3.35. The fraction of sp³-hybridized carbons (Fsp3) is 0.333. The number of nitrogens with zero attached hydrogens (tertiary/aromatic N) is 4. The summed E-state index contributed by atoms with van der Waals surface area (Å²) in [5, 5.41) is 3.49. The van der Waals surface area contributed by atoms with Crippen molar-refractivity contribution in [1.82, 2.24) is 24.6 Å². The van der Waals surface area contributed by atoms with Gasteiger partial charge >= 0.3 is 0 Å². The normalized spacial score (nSPS) is 18.0. The number of imidazole rings is 1. The van der Waals surface area contributed by atoms with Crippen LogP contribution in [0.1, 0.15) is 17.3 Å². The van der Waals surface area contributed by atoms with Crippen LogP contribution in [-0.2, 0) is 6.54 Å². The van der Waals surface area contributed by atoms with Crippen molar-refractivity contribution in [1.29, 1.82) is 0 Å². The molecule has 2 aromatic heterocycles. The number of benzene rings is 1. The van der Waals surface area contributed by atoms with Gasteiger partial charge in [0.05, 0.1) is 18.8 Å². The number of hydrogen-bond acceptors (Lipinski definition) is 5. The van der Waals surface area contributed by atoms with E-state index in [0.29, 0.717) is 0 Å². The van der Waals surface area contributed by atoms with Gasteiger partial charge in [0.2, 0.25) is 5.78 Å². The number of halogens is 1. The van der Waals surface area contributed by atoms with Gasteiger partial charge in [-0.25, -0.2) is 9.97 Å². The van der Waals surface area contributed by atoms with Crippen molar-refractivity contribution in [3.63, 3.8) is 0 Å². The Morgan fingerprint density at radius 3 is 3.00 bits per heavy atom. The summed E-state index contributed by atoms with van der Waals surface area (Å²) in [4.78, 5) is 11.4. The third kappa shape index (κ3) is 3.61. The van der Waals surface area contributed by atoms with E-state index in [2.05, 4.69) is 38.5 Å². The Bertz CT molecular complexity index is 804. The topological polar surface area (TPSA) is 54.7 Å². The molecule has 0 saturated carbocycles. The highest BCUT2D eigenvalue weighted by Crippen LogP contribution is 2.30. The maximum atomic E-state index is 5.56. The highest BCUT2D eigenvalue weighted by molar-refractivity contribution is 5.85. The summed E-state index contributed by atoms with van der Waals surface area (Å²) in [6.45, 7) is 3.67. The zero-order chi connectivity index (χ0) is 16.4. The van der Waals surface area contributed by atoms with Gasteiger partial charge in [-0.2, -0.15) is 0 Å². The molecule has 1 aliphatic rings. The third-order valence-corrected chi connectivity index (χ3v) is 4.50. The van der Waals surface area contributed by atoms with Crippen molar-refractivity contribution in [3.05, 3.63) is 60.2 Å². The Kier molecular flexibility index (Phi) is 5.53. The van der Waals surface area contributed by atoms with Crippen LogP contribution in [-0.4, -0.2) is 46.0 Å². The lowest BCUT2D eigenvalue weighted by molar-refractivity contribution is 0.149. The molecule has 0 aliphatic carbocycles. The molecule has 1 aliphatic heterocycles. The van der Waals surface area contributed by atoms with Crippen molar-refractivity contribution in [2.45, 2.75) is 12.6 Å². The third-order valence-electron chi connectivity index (χ3n) is 4.50. The molecule has 3 aromatic rings. The van der Waals surface area contributed by atoms with Crippen molar-refractivity contribution in [2.75, 3.05) is 26.7 Å². The van der Waals surface area contributed by atoms with Crippen LogP contribution < -0.4 is 10.1 Å². The van der Waals surface area contributed by atoms with Gasteiger partial charge in [-0.3, -0.25) is 9.30 Å². The summed E-state index contributed by atoms with van der Waals surface area (Å²) < 4.78 is 7.53. The smallest absolute Gasteiger partial charge is 0.233 e. The molecule has 1 saturated heterocycles. The summed E-state index contributed by atoms with van der Waals surface area (Å²) >= 11 is 0. The number of hydrogen-bond donors (Lipinski definition) is 1. The highest BCUT2D eigenvalue weighted by atomic mass is 35.5. The molecule has 1 N–H and O–H groups in total. The summed E-state index contributed by atoms with van der Waals surface area (Å²) in [5.41, 5.74) is 2.25. The lowest BCUT2D eigenvalue weighted by Gasteiger charge is -2.36. The van der Waals surface area contributed by atoms with Crippen LogP contribution >= 0.6 is 12.4 Å². The van der Waals surface area contributed by atoms with E-state index in [4.69, 9.17) is 4.74 Å². The molecular weight excluding hydrogens is 338 g/mol. The van der Waals surface area contributed by atoms with Crippen LogP contribution in [0.5, 0.6) is 5.75 Å². The van der Waals surface area contributed by atoms with E-state index >= 15 is 0 Å². The molecule has 1 fully saturated rings. The van der Waals surface area contributed by atoms with E-state index in [9.17, 15) is 0 Å². The van der Waals surface area contributed by atoms with Gasteiger partial charge in [0.25, 0.3) is 0 Å². The number of rotatable bonds is 4. The zero-order valence-electron chi connectivity index (χ0n) is 14.1. The Labute approximate surface area is 153 Å². The second kappa shape index (κ2) is 7.82. The first-order chi connectivity index (χ1) is 11.8. The van der Waals surface area contributed by atoms with E-state index < -0.39 is 0 Å². The minimum atomic E-state index is 0. The van der Waals surface area contributed by atoms with Gasteiger partial charge in [0.1, 0.15) is 5.75 Å². The van der Waals surface area contributed by atoms with Crippen molar-refractivity contribution >= 4 is 18.2 Å². The molecule has 6 nitrogen and oxygen atoms in total. The molecule has 0 spiro atoms. The molecule has 0 radical (unpaired) electrons. The van der Waals surface area contributed by atoms with Crippen LogP contribution in [0.3, 0.4) is 0 Å². The van der Waals surface area contributed by atoms with E-state index in [0.717, 1.165) is 43.4 Å². The Morgan fingerprint density at radius 1 is 1.28 bits per heavy atom. The Balaban J connectivity index is 0.00000182. The van der Waals surface area contributed by atoms with Crippen molar-refractivity contribution in [3.8, 4) is 5.75 Å². The van der Waals surface area contributed by atoms with Gasteiger partial charge < -0.3 is 10.1 Å². The molecule has 4 rings (SSSR count). The summed E-state index contributed by atoms with van der Waals surface area (Å²) in [7, 11) is 1.73. The van der Waals surface area contributed by atoms with E-state index in [1.54, 1.807) is 13.3 Å². The number of ether oxygens (including phenoxy) is 1. The Hall–Kier alpha value is -2.15. The predicted octanol–water partition coefficient (Wildman–Crippen LogP) is 2.31. The average Bonchev–Trinajstić information content (AvgIpc) is 3.04. The lowest BCUT2D eigenvalue weighted by atomic mass is 10.0. The van der Waals surface area contributed by atoms with E-state index in [-0.39, 0.29) is 18.4 Å². The molecule has 0 amide bonds. The molecule has 3 heterocycles. The second-order valence-corrected chi connectivity index (χ2v) is 5.99. The van der Waals surface area contributed by atoms with Crippen molar-refractivity contribution in [2.24, 2.45) is 0 Å². The first kappa shape index (κ1) is 17.7. The number of fused-ring (bicyclic) bond motifs is 1. The minimum absolute atomic E-state index is 0. The molecule has 7 heteroatoms. The quantitative estimate of drug-likeness (QED) is 0.774. The molecular formula is C18H22ClN5O. The fourth-order valence-electron chi connectivity index (χ4n) is 3.35. The predicted molar refractivity (Wildman–Crippen MR) is 99.2 cm³/mol. The monoisotopic (exact) mass is 359 g/mol. The summed E-state index contributed by atoms with van der Waals surface area (Å²) in [6, 6.07) is 10.4. The summed E-state index contributed by atoms with van der Waals surface area (Å²) in [5.74, 6) is 1.68. The van der Waals surface area contributed by atoms with Crippen LogP contribution in [0.4, 0.5) is 0 Å². The number of nitrogens with one attached hydrogen (secondary N) is 1. The number of aromatic nitrogens is 3. The van der Waals surface area contributed by atoms with Gasteiger partial charge in [0.15, 0.2) is 0 Å². The number of methoxy groups -OCH3 is 1. The minimum Gasteiger partial charge on any atom is -0.496 e. The SMILES string of the molecule is COc1ccccc1C1CNCCN1Cc1cn2cccnc2n1.Cl. The number of para-hydroxylation sites is 1. The van der Waals surface area contributed by atoms with Crippen LogP contribution in [0.15, 0.2) is 48.9 Å². The van der Waals surface area contributed by atoms with Gasteiger partial charge in [-0.1, -0.05) is 18.2 Å². The summed E-state index contributed by atoms with van der Waals surface area (Å²) in [6.07, 6.45) is 5.81. The van der Waals surface area contributed by atoms with Crippen LogP contribution in [0.2, 0.25) is 0 Å². The molecule has 1 aromatic carbocycles. The highest BCUT2D eigenvalue weighted by Gasteiger charge is 2.26. The molecule has 1 unspecified atom stereocenters. The van der Waals surface area contributed by atoms with Gasteiger partial charge in [-0.15, -0.1) is 12.4 Å². The molecule has 1 atom stereocenters. The molecule has 0 bridgehead atoms. The Morgan fingerprint density at radius 2 is 2.16 bits per heavy atom. The first-order valence-corrected chi connectivity index (χ1v) is 8.21. The van der Waals surface area contributed by atoms with Gasteiger partial charge in [-0.05, 0) is 12.1 Å². The van der Waals surface area contributed by atoms with Gasteiger partial charge in [0, 0.05) is 50.3 Å². The standard InChI is InChI=1S/C18H21N5O.ClH/c1-24-17-6-3-2-5-15(17)16-11-19-8-10-22(16)12-14-13-23-9-4-7-20-18(23)21-14;/h2-7,9,13,16,19H,8,10-12H2,1H3;1H.